The normalized spacial score (nSPS) is 28.6. The molecule has 0 aliphatic carbocycles. The summed E-state index contributed by atoms with van der Waals surface area (Å²) in [5.74, 6) is -1.02. The van der Waals surface area contributed by atoms with Gasteiger partial charge < -0.3 is 30.4 Å². The SMILES string of the molecule is CO[C@H]1C[C@H](C)Cc2cc(ccc2F)NC(=O)C(C)=CCC[C@H](OC)[C@@H](OC(N)=O)C(C)=C[C@H](C)[C@H]1O. The summed E-state index contributed by atoms with van der Waals surface area (Å²) in [7, 11) is 3.05. The first kappa shape index (κ1) is 30.5. The minimum Gasteiger partial charge on any atom is -0.439 e. The minimum atomic E-state index is -0.935. The third kappa shape index (κ3) is 8.94. The van der Waals surface area contributed by atoms with E-state index in [2.05, 4.69) is 5.32 Å². The van der Waals surface area contributed by atoms with Crippen LogP contribution in [0.25, 0.3) is 0 Å². The monoisotopic (exact) mass is 520 g/mol. The quantitative estimate of drug-likeness (QED) is 0.505. The highest BCUT2D eigenvalue weighted by Gasteiger charge is 2.30. The van der Waals surface area contributed by atoms with Crippen molar-refractivity contribution >= 4 is 17.7 Å². The summed E-state index contributed by atoms with van der Waals surface area (Å²) in [6, 6.07) is 4.52. The number of carbonyl (C=O) groups is 2. The van der Waals surface area contributed by atoms with Crippen molar-refractivity contribution < 1.29 is 33.3 Å². The van der Waals surface area contributed by atoms with Gasteiger partial charge in [-0.15, -0.1) is 0 Å². The van der Waals surface area contributed by atoms with Crippen molar-refractivity contribution in [2.75, 3.05) is 19.5 Å². The van der Waals surface area contributed by atoms with E-state index < -0.39 is 30.5 Å². The molecule has 1 aromatic rings. The second-order valence-corrected chi connectivity index (χ2v) is 9.94. The fourth-order valence-electron chi connectivity index (χ4n) is 4.75. The van der Waals surface area contributed by atoms with Crippen LogP contribution in [-0.2, 0) is 25.4 Å². The number of amides is 2. The Hall–Kier alpha value is -2.75. The Balaban J connectivity index is 2.47. The fraction of sp³-hybridized carbons (Fsp3) is 0.571. The number of methoxy groups -OCH3 is 2. The number of aliphatic hydroxyl groups excluding tert-OH is 1. The third-order valence-electron chi connectivity index (χ3n) is 6.85. The summed E-state index contributed by atoms with van der Waals surface area (Å²) in [6.07, 6.45) is 1.80. The van der Waals surface area contributed by atoms with Crippen LogP contribution in [0.1, 0.15) is 52.5 Å². The number of allylic oxidation sites excluding steroid dienone is 1. The number of benzene rings is 1. The van der Waals surface area contributed by atoms with Gasteiger partial charge in [0, 0.05) is 31.4 Å². The smallest absolute Gasteiger partial charge is 0.405 e. The van der Waals surface area contributed by atoms with E-state index in [4.69, 9.17) is 19.9 Å². The van der Waals surface area contributed by atoms with Gasteiger partial charge in [0.05, 0.1) is 18.3 Å². The molecule has 0 unspecified atom stereocenters. The number of nitrogens with one attached hydrogen (secondary N) is 1. The fourth-order valence-corrected chi connectivity index (χ4v) is 4.75. The molecule has 0 saturated carbocycles. The summed E-state index contributed by atoms with van der Waals surface area (Å²) in [4.78, 5) is 24.4. The zero-order chi connectivity index (χ0) is 27.7. The molecule has 2 amide bonds. The largest absolute Gasteiger partial charge is 0.439 e. The van der Waals surface area contributed by atoms with Gasteiger partial charge in [0.2, 0.25) is 0 Å². The van der Waals surface area contributed by atoms with E-state index in [1.54, 1.807) is 26.0 Å². The van der Waals surface area contributed by atoms with Gasteiger partial charge in [-0.2, -0.15) is 0 Å². The number of anilines is 1. The average molecular weight is 521 g/mol. The van der Waals surface area contributed by atoms with E-state index in [1.807, 2.05) is 19.9 Å². The van der Waals surface area contributed by atoms with Crippen molar-refractivity contribution in [1.82, 2.24) is 0 Å². The molecule has 0 saturated heterocycles. The predicted molar refractivity (Wildman–Crippen MR) is 140 cm³/mol. The van der Waals surface area contributed by atoms with E-state index in [0.29, 0.717) is 48.1 Å². The van der Waals surface area contributed by atoms with Crippen LogP contribution in [0.15, 0.2) is 41.5 Å². The molecule has 6 atom stereocenters. The number of primary amides is 1. The number of halogens is 1. The van der Waals surface area contributed by atoms with Gasteiger partial charge in [0.15, 0.2) is 6.10 Å². The van der Waals surface area contributed by atoms with E-state index in [-0.39, 0.29) is 23.6 Å². The van der Waals surface area contributed by atoms with Crippen molar-refractivity contribution in [3.8, 4) is 0 Å². The molecule has 2 rings (SSSR count). The summed E-state index contributed by atoms with van der Waals surface area (Å²) in [6.45, 7) is 7.30. The Morgan fingerprint density at radius 2 is 1.84 bits per heavy atom. The molecule has 1 heterocycles. The number of ether oxygens (including phenoxy) is 3. The van der Waals surface area contributed by atoms with Crippen LogP contribution >= 0.6 is 0 Å². The maximum absolute atomic E-state index is 14.6. The summed E-state index contributed by atoms with van der Waals surface area (Å²) < 4.78 is 31.2. The standard InChI is InChI=1S/C28H41FN2O6/c1-16-12-20-15-21(10-11-22(20)29)31-27(33)17(2)8-7-9-23(35-5)26(37-28(30)34)19(4)14-18(3)25(32)24(13-16)36-6/h8,10-11,14-16,18,23-26,32H,7,9,12-13H2,1-6H3,(H2,30,34)(H,31,33)/t16-,18+,23+,24+,25-,26+/m1/s1. The number of nitrogens with two attached hydrogens (primary N) is 1. The lowest BCUT2D eigenvalue weighted by Crippen LogP contribution is -2.37. The van der Waals surface area contributed by atoms with Crippen molar-refractivity contribution in [1.29, 1.82) is 0 Å². The highest BCUT2D eigenvalue weighted by atomic mass is 19.1. The maximum Gasteiger partial charge on any atom is 0.405 e. The van der Waals surface area contributed by atoms with Crippen LogP contribution in [0.4, 0.5) is 14.9 Å². The Kier molecular flexibility index (Phi) is 11.7. The molecule has 9 heteroatoms. The summed E-state index contributed by atoms with van der Waals surface area (Å²) in [5, 5.41) is 13.9. The molecular formula is C28H41FN2O6. The zero-order valence-corrected chi connectivity index (χ0v) is 22.6. The van der Waals surface area contributed by atoms with Crippen molar-refractivity contribution in [3.63, 3.8) is 0 Å². The molecule has 206 valence electrons. The molecule has 4 N–H and O–H groups in total. The third-order valence-corrected chi connectivity index (χ3v) is 6.85. The molecule has 2 bridgehead atoms. The molecule has 0 fully saturated rings. The molecule has 8 nitrogen and oxygen atoms in total. The molecule has 1 aromatic carbocycles. The highest BCUT2D eigenvalue weighted by molar-refractivity contribution is 6.03. The summed E-state index contributed by atoms with van der Waals surface area (Å²) >= 11 is 0. The average Bonchev–Trinajstić information content (AvgIpc) is 2.84. The van der Waals surface area contributed by atoms with E-state index in [0.717, 1.165) is 0 Å². The lowest BCUT2D eigenvalue weighted by Gasteiger charge is -2.30. The number of aliphatic hydroxyl groups is 1. The van der Waals surface area contributed by atoms with E-state index >= 15 is 0 Å². The molecule has 0 spiro atoms. The van der Waals surface area contributed by atoms with Gasteiger partial charge in [-0.05, 0) is 74.8 Å². The van der Waals surface area contributed by atoms with Gasteiger partial charge in [0.1, 0.15) is 5.82 Å². The van der Waals surface area contributed by atoms with Crippen molar-refractivity contribution in [2.45, 2.75) is 77.8 Å². The molecular weight excluding hydrogens is 479 g/mol. The van der Waals surface area contributed by atoms with E-state index in [9.17, 15) is 19.1 Å². The predicted octanol–water partition coefficient (Wildman–Crippen LogP) is 4.51. The highest BCUT2D eigenvalue weighted by Crippen LogP contribution is 2.26. The first-order valence-electron chi connectivity index (χ1n) is 12.6. The molecule has 37 heavy (non-hydrogen) atoms. The maximum atomic E-state index is 14.6. The Morgan fingerprint density at radius 3 is 2.46 bits per heavy atom. The summed E-state index contributed by atoms with van der Waals surface area (Å²) in [5.41, 5.74) is 7.49. The minimum absolute atomic E-state index is 0.0233. The van der Waals surface area contributed by atoms with Crippen LogP contribution in [-0.4, -0.2) is 55.7 Å². The van der Waals surface area contributed by atoms with Crippen LogP contribution < -0.4 is 11.1 Å². The van der Waals surface area contributed by atoms with E-state index in [1.165, 1.54) is 26.4 Å². The number of hydrogen-bond acceptors (Lipinski definition) is 6. The Bertz CT molecular complexity index is 995. The molecule has 0 radical (unpaired) electrons. The molecule has 1 aliphatic heterocycles. The van der Waals surface area contributed by atoms with Crippen molar-refractivity contribution in [3.05, 3.63) is 52.9 Å². The molecule has 0 aromatic heterocycles. The van der Waals surface area contributed by atoms with Crippen LogP contribution in [0, 0.1) is 17.7 Å². The number of rotatable bonds is 3. The van der Waals surface area contributed by atoms with Gasteiger partial charge in [-0.1, -0.05) is 26.0 Å². The Morgan fingerprint density at radius 1 is 1.16 bits per heavy atom. The molecule has 1 aliphatic rings. The van der Waals surface area contributed by atoms with Crippen LogP contribution in [0.5, 0.6) is 0 Å². The van der Waals surface area contributed by atoms with Crippen LogP contribution in [0.3, 0.4) is 0 Å². The lowest BCUT2D eigenvalue weighted by molar-refractivity contribution is -0.112. The number of fused-ring (bicyclic) bond motifs is 2. The zero-order valence-electron chi connectivity index (χ0n) is 22.6. The van der Waals surface area contributed by atoms with Gasteiger partial charge in [-0.3, -0.25) is 4.79 Å². The second kappa shape index (κ2) is 14.3. The number of hydrogen-bond donors (Lipinski definition) is 3. The lowest BCUT2D eigenvalue weighted by atomic mass is 9.88. The first-order valence-corrected chi connectivity index (χ1v) is 12.6. The topological polar surface area (TPSA) is 120 Å². The Labute approximate surface area is 219 Å². The van der Waals surface area contributed by atoms with Crippen LogP contribution in [0.2, 0.25) is 0 Å². The number of carbonyl (C=O) groups excluding carboxylic acids is 2. The van der Waals surface area contributed by atoms with Gasteiger partial charge in [-0.25, -0.2) is 9.18 Å². The first-order chi connectivity index (χ1) is 17.5. The van der Waals surface area contributed by atoms with Gasteiger partial charge >= 0.3 is 6.09 Å². The van der Waals surface area contributed by atoms with Crippen molar-refractivity contribution in [2.24, 2.45) is 17.6 Å². The van der Waals surface area contributed by atoms with Gasteiger partial charge in [0.25, 0.3) is 5.91 Å². The second-order valence-electron chi connectivity index (χ2n) is 9.94.